The van der Waals surface area contributed by atoms with Crippen molar-refractivity contribution < 1.29 is 21.6 Å². The monoisotopic (exact) mass is 488 g/mol. The minimum atomic E-state index is -4.37. The Morgan fingerprint density at radius 3 is 2.41 bits per heavy atom. The number of pyridine rings is 1. The number of hydrogen-bond acceptors (Lipinski definition) is 4. The topological polar surface area (TPSA) is 59.1 Å². The molecular formula is C23H28ClF3N2O2S. The van der Waals surface area contributed by atoms with Crippen molar-refractivity contribution in [3.63, 3.8) is 0 Å². The van der Waals surface area contributed by atoms with Crippen LogP contribution in [0.4, 0.5) is 13.2 Å². The van der Waals surface area contributed by atoms with Gasteiger partial charge in [0.15, 0.2) is 0 Å². The normalized spacial score (nSPS) is 25.8. The van der Waals surface area contributed by atoms with Gasteiger partial charge >= 0.3 is 6.18 Å². The molecule has 0 saturated heterocycles. The van der Waals surface area contributed by atoms with Gasteiger partial charge in [-0.15, -0.1) is 12.4 Å². The zero-order valence-corrected chi connectivity index (χ0v) is 19.4. The highest BCUT2D eigenvalue weighted by Crippen LogP contribution is 2.42. The molecule has 2 aliphatic carbocycles. The second kappa shape index (κ2) is 9.69. The molecule has 0 unspecified atom stereocenters. The minimum Gasteiger partial charge on any atom is -0.311 e. The van der Waals surface area contributed by atoms with Gasteiger partial charge in [-0.1, -0.05) is 18.2 Å². The molecule has 1 heterocycles. The van der Waals surface area contributed by atoms with Gasteiger partial charge in [-0.2, -0.15) is 13.2 Å². The predicted molar refractivity (Wildman–Crippen MR) is 122 cm³/mol. The van der Waals surface area contributed by atoms with Crippen LogP contribution < -0.4 is 5.32 Å². The molecular weight excluding hydrogens is 461 g/mol. The minimum absolute atomic E-state index is 0. The summed E-state index contributed by atoms with van der Waals surface area (Å²) in [6.45, 7) is 0. The summed E-state index contributed by atoms with van der Waals surface area (Å²) in [6.07, 6.45) is 3.60. The highest BCUT2D eigenvalue weighted by Gasteiger charge is 2.40. The number of halogens is 4. The predicted octanol–water partition coefficient (Wildman–Crippen LogP) is 5.24. The lowest BCUT2D eigenvalue weighted by atomic mass is 9.87. The number of sulfone groups is 1. The number of rotatable bonds is 6. The molecule has 2 atom stereocenters. The third-order valence-corrected chi connectivity index (χ3v) is 7.40. The van der Waals surface area contributed by atoms with Gasteiger partial charge in [0.25, 0.3) is 0 Å². The Hall–Kier alpha value is -1.64. The van der Waals surface area contributed by atoms with Crippen LogP contribution in [0.5, 0.6) is 0 Å². The van der Waals surface area contributed by atoms with Crippen molar-refractivity contribution in [1.29, 1.82) is 0 Å². The van der Waals surface area contributed by atoms with Crippen molar-refractivity contribution in [2.45, 2.75) is 56.3 Å². The van der Waals surface area contributed by atoms with Crippen molar-refractivity contribution >= 4 is 22.2 Å². The van der Waals surface area contributed by atoms with Crippen LogP contribution in [-0.2, 0) is 16.0 Å². The van der Waals surface area contributed by atoms with Crippen molar-refractivity contribution in [3.05, 3.63) is 53.7 Å². The number of nitrogens with one attached hydrogen (secondary N) is 1. The van der Waals surface area contributed by atoms with Crippen LogP contribution in [0.2, 0.25) is 0 Å². The Morgan fingerprint density at radius 1 is 1.09 bits per heavy atom. The summed E-state index contributed by atoms with van der Waals surface area (Å²) >= 11 is 0. The van der Waals surface area contributed by atoms with E-state index in [2.05, 4.69) is 10.3 Å². The quantitative estimate of drug-likeness (QED) is 0.604. The molecule has 4 nitrogen and oxygen atoms in total. The van der Waals surface area contributed by atoms with Crippen molar-refractivity contribution in [3.8, 4) is 11.3 Å². The summed E-state index contributed by atoms with van der Waals surface area (Å²) in [4.78, 5) is 4.41. The van der Waals surface area contributed by atoms with Crippen LogP contribution in [0.1, 0.15) is 49.1 Å². The Balaban J connectivity index is 0.00000289. The largest absolute Gasteiger partial charge is 0.416 e. The van der Waals surface area contributed by atoms with E-state index in [1.54, 1.807) is 18.3 Å². The van der Waals surface area contributed by atoms with Gasteiger partial charge < -0.3 is 5.32 Å². The number of hydrogen-bond donors (Lipinski definition) is 1. The van der Waals surface area contributed by atoms with Gasteiger partial charge in [0, 0.05) is 36.0 Å². The maximum Gasteiger partial charge on any atom is 0.416 e. The molecule has 4 rings (SSSR count). The Bertz CT molecular complexity index is 1020. The Labute approximate surface area is 193 Å². The molecule has 0 radical (unpaired) electrons. The average Bonchev–Trinajstić information content (AvgIpc) is 3.47. The highest BCUT2D eigenvalue weighted by molar-refractivity contribution is 7.90. The van der Waals surface area contributed by atoms with Crippen LogP contribution in [0, 0.1) is 5.92 Å². The first kappa shape index (κ1) is 25.0. The number of benzene rings is 1. The van der Waals surface area contributed by atoms with Gasteiger partial charge in [0.2, 0.25) is 0 Å². The van der Waals surface area contributed by atoms with Crippen molar-refractivity contribution in [2.24, 2.45) is 5.92 Å². The van der Waals surface area contributed by atoms with E-state index in [1.807, 2.05) is 6.07 Å². The molecule has 0 aliphatic heterocycles. The summed E-state index contributed by atoms with van der Waals surface area (Å²) in [7, 11) is -2.91. The van der Waals surface area contributed by atoms with Crippen LogP contribution in [0.15, 0.2) is 42.6 Å². The number of nitrogens with zero attached hydrogens (tertiary/aromatic N) is 1. The van der Waals surface area contributed by atoms with Crippen LogP contribution in [-0.4, -0.2) is 37.5 Å². The van der Waals surface area contributed by atoms with E-state index < -0.39 is 21.6 Å². The second-order valence-corrected chi connectivity index (χ2v) is 11.2. The molecule has 2 saturated carbocycles. The summed E-state index contributed by atoms with van der Waals surface area (Å²) in [5.74, 6) is 0.933. The molecule has 0 amide bonds. The third-order valence-electron chi connectivity index (χ3n) is 6.33. The first-order valence-corrected chi connectivity index (χ1v) is 12.7. The van der Waals surface area contributed by atoms with Crippen LogP contribution >= 0.6 is 12.4 Å². The summed E-state index contributed by atoms with van der Waals surface area (Å²) in [6, 6.07) is 9.78. The molecule has 2 fully saturated rings. The molecule has 0 spiro atoms. The van der Waals surface area contributed by atoms with E-state index in [0.717, 1.165) is 49.8 Å². The van der Waals surface area contributed by atoms with Gasteiger partial charge in [-0.3, -0.25) is 4.98 Å². The van der Waals surface area contributed by atoms with Crippen LogP contribution in [0.25, 0.3) is 11.3 Å². The molecule has 2 aliphatic rings. The molecule has 1 N–H and O–H groups in total. The Kier molecular flexibility index (Phi) is 7.57. The summed E-state index contributed by atoms with van der Waals surface area (Å²) < 4.78 is 61.8. The number of alkyl halides is 3. The maximum atomic E-state index is 12.9. The standard InChI is InChI=1S/C23H27F3N2O2S.ClH/c1-31(29,30)14-15-5-8-19(9-6-15)28-22-12-20(22)17-7-10-21(27-13-17)16-3-2-4-18(11-16)23(24,25)26;/h2-4,7,10-11,13,15,19-20,22,28H,5-6,8-9,12,14H2,1H3;1H/t15?,19?,20-,22+;/m1./s1. The molecule has 0 bridgehead atoms. The molecule has 2 aromatic rings. The summed E-state index contributed by atoms with van der Waals surface area (Å²) in [5.41, 5.74) is 1.41. The second-order valence-electron chi connectivity index (χ2n) is 8.98. The fourth-order valence-corrected chi connectivity index (χ4v) is 5.81. The first-order valence-electron chi connectivity index (χ1n) is 10.7. The van der Waals surface area contributed by atoms with Gasteiger partial charge in [-0.05, 0) is 61.8 Å². The molecule has 1 aromatic heterocycles. The molecule has 1 aromatic carbocycles. The molecule has 176 valence electrons. The fraction of sp³-hybridized carbons (Fsp3) is 0.522. The lowest BCUT2D eigenvalue weighted by Gasteiger charge is -2.29. The van der Waals surface area contributed by atoms with Gasteiger partial charge in [0.1, 0.15) is 9.84 Å². The van der Waals surface area contributed by atoms with E-state index in [0.29, 0.717) is 29.3 Å². The van der Waals surface area contributed by atoms with E-state index in [1.165, 1.54) is 12.3 Å². The fourth-order valence-electron chi connectivity index (χ4n) is 4.62. The summed E-state index contributed by atoms with van der Waals surface area (Å²) in [5, 5.41) is 3.69. The average molecular weight is 489 g/mol. The van der Waals surface area contributed by atoms with Crippen molar-refractivity contribution in [1.82, 2.24) is 10.3 Å². The van der Waals surface area contributed by atoms with Gasteiger partial charge in [-0.25, -0.2) is 8.42 Å². The Morgan fingerprint density at radius 2 is 1.81 bits per heavy atom. The van der Waals surface area contributed by atoms with E-state index >= 15 is 0 Å². The van der Waals surface area contributed by atoms with Crippen LogP contribution in [0.3, 0.4) is 0 Å². The lowest BCUT2D eigenvalue weighted by Crippen LogP contribution is -2.36. The zero-order valence-electron chi connectivity index (χ0n) is 17.8. The van der Waals surface area contributed by atoms with E-state index in [4.69, 9.17) is 0 Å². The SMILES string of the molecule is CS(=O)(=O)CC1CCC(N[C@H]2C[C@@H]2c2ccc(-c3cccc(C(F)(F)F)c3)nc2)CC1.Cl. The highest BCUT2D eigenvalue weighted by atomic mass is 35.5. The smallest absolute Gasteiger partial charge is 0.311 e. The third kappa shape index (κ3) is 6.45. The number of aromatic nitrogens is 1. The van der Waals surface area contributed by atoms with Gasteiger partial charge in [0.05, 0.1) is 17.0 Å². The van der Waals surface area contributed by atoms with Crippen molar-refractivity contribution in [2.75, 3.05) is 12.0 Å². The molecule has 9 heteroatoms. The zero-order chi connectivity index (χ0) is 22.2. The van der Waals surface area contributed by atoms with E-state index in [9.17, 15) is 21.6 Å². The van der Waals surface area contributed by atoms with E-state index in [-0.39, 0.29) is 24.1 Å². The lowest BCUT2D eigenvalue weighted by molar-refractivity contribution is -0.137. The maximum absolute atomic E-state index is 12.9. The first-order chi connectivity index (χ1) is 14.6. The molecule has 32 heavy (non-hydrogen) atoms.